The van der Waals surface area contributed by atoms with Crippen LogP contribution in [0.1, 0.15) is 21.5 Å². The van der Waals surface area contributed by atoms with E-state index in [0.29, 0.717) is 16.8 Å². The standard InChI is InChI=1S/C15H13BrFNO2/c1-9-6-10(2-5-14(9)18)15(19)20-8-11-7-12(16)3-4-13(11)17/h2-7H,8,18H2,1H3. The highest BCUT2D eigenvalue weighted by Crippen LogP contribution is 2.18. The number of hydrogen-bond acceptors (Lipinski definition) is 3. The van der Waals surface area contributed by atoms with E-state index in [-0.39, 0.29) is 6.61 Å². The van der Waals surface area contributed by atoms with E-state index in [9.17, 15) is 9.18 Å². The van der Waals surface area contributed by atoms with Gasteiger partial charge in [0.05, 0.1) is 5.56 Å². The SMILES string of the molecule is Cc1cc(C(=O)OCc2cc(Br)ccc2F)ccc1N. The fourth-order valence-corrected chi connectivity index (χ4v) is 2.09. The third-order valence-corrected chi connectivity index (χ3v) is 3.37. The van der Waals surface area contributed by atoms with Gasteiger partial charge in [-0.15, -0.1) is 0 Å². The van der Waals surface area contributed by atoms with Crippen molar-refractivity contribution in [1.82, 2.24) is 0 Å². The highest BCUT2D eigenvalue weighted by atomic mass is 79.9. The van der Waals surface area contributed by atoms with Crippen molar-refractivity contribution >= 4 is 27.6 Å². The number of nitrogen functional groups attached to an aromatic ring is 1. The van der Waals surface area contributed by atoms with Gasteiger partial charge in [-0.25, -0.2) is 9.18 Å². The molecule has 0 atom stereocenters. The molecular formula is C15H13BrFNO2. The van der Waals surface area contributed by atoms with Crippen LogP contribution in [0.5, 0.6) is 0 Å². The number of ether oxygens (including phenoxy) is 1. The summed E-state index contributed by atoms with van der Waals surface area (Å²) in [6.07, 6.45) is 0. The fourth-order valence-electron chi connectivity index (χ4n) is 1.68. The van der Waals surface area contributed by atoms with Crippen LogP contribution in [0.4, 0.5) is 10.1 Å². The highest BCUT2D eigenvalue weighted by Gasteiger charge is 2.10. The Balaban J connectivity index is 2.08. The van der Waals surface area contributed by atoms with Crippen molar-refractivity contribution in [2.24, 2.45) is 0 Å². The Bertz CT molecular complexity index is 658. The Morgan fingerprint density at radius 1 is 1.30 bits per heavy atom. The third kappa shape index (κ3) is 3.36. The average Bonchev–Trinajstić information content (AvgIpc) is 2.42. The number of anilines is 1. The molecule has 2 rings (SSSR count). The predicted octanol–water partition coefficient (Wildman–Crippen LogP) is 3.84. The smallest absolute Gasteiger partial charge is 0.338 e. The third-order valence-electron chi connectivity index (χ3n) is 2.87. The quantitative estimate of drug-likeness (QED) is 0.683. The summed E-state index contributed by atoms with van der Waals surface area (Å²) in [6.45, 7) is 1.69. The zero-order valence-electron chi connectivity index (χ0n) is 10.8. The number of carbonyl (C=O) groups is 1. The fraction of sp³-hybridized carbons (Fsp3) is 0.133. The molecule has 0 aliphatic heterocycles. The number of hydrogen-bond donors (Lipinski definition) is 1. The molecule has 0 saturated carbocycles. The first-order valence-corrected chi connectivity index (χ1v) is 6.74. The van der Waals surface area contributed by atoms with Gasteiger partial charge in [0.1, 0.15) is 12.4 Å². The first-order valence-electron chi connectivity index (χ1n) is 5.94. The van der Waals surface area contributed by atoms with Crippen LogP contribution in [0.25, 0.3) is 0 Å². The van der Waals surface area contributed by atoms with Crippen molar-refractivity contribution < 1.29 is 13.9 Å². The maximum atomic E-state index is 13.5. The molecule has 0 bridgehead atoms. The molecule has 0 heterocycles. The van der Waals surface area contributed by atoms with Crippen LogP contribution in [-0.4, -0.2) is 5.97 Å². The molecular weight excluding hydrogens is 325 g/mol. The number of benzene rings is 2. The maximum absolute atomic E-state index is 13.5. The largest absolute Gasteiger partial charge is 0.457 e. The second-order valence-electron chi connectivity index (χ2n) is 4.38. The van der Waals surface area contributed by atoms with Gasteiger partial charge < -0.3 is 10.5 Å². The average molecular weight is 338 g/mol. The molecule has 0 unspecified atom stereocenters. The van der Waals surface area contributed by atoms with E-state index in [0.717, 1.165) is 10.0 Å². The molecule has 0 amide bonds. The summed E-state index contributed by atoms with van der Waals surface area (Å²) in [4.78, 5) is 11.9. The van der Waals surface area contributed by atoms with Crippen LogP contribution >= 0.6 is 15.9 Å². The Morgan fingerprint density at radius 3 is 2.75 bits per heavy atom. The Hall–Kier alpha value is -1.88. The molecule has 0 spiro atoms. The predicted molar refractivity (Wildman–Crippen MR) is 78.8 cm³/mol. The van der Waals surface area contributed by atoms with Gasteiger partial charge in [0.25, 0.3) is 0 Å². The lowest BCUT2D eigenvalue weighted by Gasteiger charge is -2.08. The zero-order valence-corrected chi connectivity index (χ0v) is 12.4. The van der Waals surface area contributed by atoms with Gasteiger partial charge in [0, 0.05) is 15.7 Å². The molecule has 2 aromatic carbocycles. The maximum Gasteiger partial charge on any atom is 0.338 e. The van der Waals surface area contributed by atoms with Crippen LogP contribution in [0.15, 0.2) is 40.9 Å². The number of halogens is 2. The van der Waals surface area contributed by atoms with Gasteiger partial charge in [-0.1, -0.05) is 15.9 Å². The van der Waals surface area contributed by atoms with Crippen molar-refractivity contribution in [1.29, 1.82) is 0 Å². The van der Waals surface area contributed by atoms with E-state index in [1.54, 1.807) is 37.3 Å². The van der Waals surface area contributed by atoms with E-state index in [1.807, 2.05) is 0 Å². The van der Waals surface area contributed by atoms with Gasteiger partial charge in [-0.05, 0) is 48.9 Å². The van der Waals surface area contributed by atoms with Crippen LogP contribution in [0.3, 0.4) is 0 Å². The van der Waals surface area contributed by atoms with Crippen LogP contribution in [0.2, 0.25) is 0 Å². The summed E-state index contributed by atoms with van der Waals surface area (Å²) in [6, 6.07) is 9.37. The minimum absolute atomic E-state index is 0.118. The van der Waals surface area contributed by atoms with E-state index in [2.05, 4.69) is 15.9 Å². The van der Waals surface area contributed by atoms with E-state index in [4.69, 9.17) is 10.5 Å². The lowest BCUT2D eigenvalue weighted by Crippen LogP contribution is -2.07. The molecule has 2 aromatic rings. The molecule has 0 radical (unpaired) electrons. The molecule has 104 valence electrons. The number of aryl methyl sites for hydroxylation is 1. The lowest BCUT2D eigenvalue weighted by molar-refractivity contribution is 0.0469. The first-order chi connectivity index (χ1) is 9.47. The van der Waals surface area contributed by atoms with Crippen LogP contribution in [0, 0.1) is 12.7 Å². The number of nitrogens with two attached hydrogens (primary N) is 1. The molecule has 0 fully saturated rings. The summed E-state index contributed by atoms with van der Waals surface area (Å²) in [5.41, 5.74) is 7.81. The Morgan fingerprint density at radius 2 is 2.05 bits per heavy atom. The topological polar surface area (TPSA) is 52.3 Å². The Kier molecular flexibility index (Phi) is 4.39. The molecule has 3 nitrogen and oxygen atoms in total. The van der Waals surface area contributed by atoms with E-state index >= 15 is 0 Å². The highest BCUT2D eigenvalue weighted by molar-refractivity contribution is 9.10. The zero-order chi connectivity index (χ0) is 14.7. The molecule has 5 heteroatoms. The van der Waals surface area contributed by atoms with Gasteiger partial charge in [-0.3, -0.25) is 0 Å². The molecule has 0 aliphatic rings. The van der Waals surface area contributed by atoms with Gasteiger partial charge >= 0.3 is 5.97 Å². The van der Waals surface area contributed by atoms with Crippen LogP contribution in [-0.2, 0) is 11.3 Å². The first kappa shape index (κ1) is 14.5. The van der Waals surface area contributed by atoms with Crippen molar-refractivity contribution in [2.45, 2.75) is 13.5 Å². The summed E-state index contributed by atoms with van der Waals surface area (Å²) in [7, 11) is 0. The molecule has 0 aromatic heterocycles. The summed E-state index contributed by atoms with van der Waals surface area (Å²) in [5, 5.41) is 0. The lowest BCUT2D eigenvalue weighted by atomic mass is 10.1. The number of carbonyl (C=O) groups excluding carboxylic acids is 1. The monoisotopic (exact) mass is 337 g/mol. The number of esters is 1. The second-order valence-corrected chi connectivity index (χ2v) is 5.30. The van der Waals surface area contributed by atoms with Crippen molar-refractivity contribution in [3.05, 3.63) is 63.4 Å². The summed E-state index contributed by atoms with van der Waals surface area (Å²) < 4.78 is 19.3. The van der Waals surface area contributed by atoms with Gasteiger partial charge in [-0.2, -0.15) is 0 Å². The van der Waals surface area contributed by atoms with E-state index in [1.165, 1.54) is 6.07 Å². The molecule has 20 heavy (non-hydrogen) atoms. The summed E-state index contributed by atoms with van der Waals surface area (Å²) >= 11 is 3.24. The van der Waals surface area contributed by atoms with Gasteiger partial charge in [0.2, 0.25) is 0 Å². The summed E-state index contributed by atoms with van der Waals surface area (Å²) in [5.74, 6) is -0.915. The molecule has 0 aliphatic carbocycles. The van der Waals surface area contributed by atoms with Crippen LogP contribution < -0.4 is 5.73 Å². The van der Waals surface area contributed by atoms with Crippen molar-refractivity contribution in [3.63, 3.8) is 0 Å². The minimum atomic E-state index is -0.507. The van der Waals surface area contributed by atoms with E-state index < -0.39 is 11.8 Å². The molecule has 0 saturated heterocycles. The second kappa shape index (κ2) is 6.05. The minimum Gasteiger partial charge on any atom is -0.457 e. The Labute approximate surface area is 124 Å². The normalized spacial score (nSPS) is 10.3. The van der Waals surface area contributed by atoms with Crippen molar-refractivity contribution in [2.75, 3.05) is 5.73 Å². The van der Waals surface area contributed by atoms with Gasteiger partial charge in [0.15, 0.2) is 0 Å². The van der Waals surface area contributed by atoms with Crippen molar-refractivity contribution in [3.8, 4) is 0 Å². The molecule has 2 N–H and O–H groups in total. The number of rotatable bonds is 3.